The molecule has 26 heavy (non-hydrogen) atoms. The van der Waals surface area contributed by atoms with Crippen molar-refractivity contribution < 1.29 is 25.2 Å². The van der Waals surface area contributed by atoms with Crippen LogP contribution in [0.1, 0.15) is 5.56 Å². The van der Waals surface area contributed by atoms with Gasteiger partial charge < -0.3 is 25.2 Å². The third-order valence-electron chi connectivity index (χ3n) is 4.79. The van der Waals surface area contributed by atoms with Crippen LogP contribution in [0.3, 0.4) is 0 Å². The molecule has 2 aromatic rings. The summed E-state index contributed by atoms with van der Waals surface area (Å²) in [5, 5.41) is 41.6. The van der Waals surface area contributed by atoms with E-state index in [9.17, 15) is 30.0 Å². The Morgan fingerprint density at radius 3 is 2.42 bits per heavy atom. The van der Waals surface area contributed by atoms with Crippen molar-refractivity contribution in [3.05, 3.63) is 69.0 Å². The Kier molecular flexibility index (Phi) is 4.82. The lowest BCUT2D eigenvalue weighted by Crippen LogP contribution is -2.63. The van der Waals surface area contributed by atoms with Crippen LogP contribution in [0, 0.1) is 0 Å². The predicted molar refractivity (Wildman–Crippen MR) is 89.4 cm³/mol. The minimum absolute atomic E-state index is 0.169. The quantitative estimate of drug-likeness (QED) is 0.409. The molecule has 3 rings (SSSR count). The number of rotatable bonds is 5. The number of hydrogen-bond donors (Lipinski definition) is 5. The molecule has 1 aromatic carbocycles. The van der Waals surface area contributed by atoms with Gasteiger partial charge in [-0.05, 0) is 5.56 Å². The molecule has 0 spiro atoms. The normalized spacial score (nSPS) is 31.2. The standard InChI is InChI=1S/C17H20N2O7/c20-9-12-14(23)16(25,8-11-4-2-1-3-5-11)17(10-21,26-12)19-7-6-13(22)18-15(19)24/h1-7,12,14,20-21,23,25H,8-10H2,(H,18,22,24)/t12-,14-,16-,17-/m1/s1. The highest BCUT2D eigenvalue weighted by Crippen LogP contribution is 2.44. The van der Waals surface area contributed by atoms with Gasteiger partial charge in [0.15, 0.2) is 0 Å². The van der Waals surface area contributed by atoms with Gasteiger partial charge in [0.05, 0.1) is 13.2 Å². The maximum Gasteiger partial charge on any atom is 0.330 e. The largest absolute Gasteiger partial charge is 0.394 e. The Balaban J connectivity index is 2.19. The van der Waals surface area contributed by atoms with Gasteiger partial charge in [0.1, 0.15) is 17.8 Å². The zero-order chi connectivity index (χ0) is 18.9. The average Bonchev–Trinajstić information content (AvgIpc) is 2.84. The number of nitrogens with one attached hydrogen (secondary N) is 1. The van der Waals surface area contributed by atoms with Crippen molar-refractivity contribution >= 4 is 0 Å². The Morgan fingerprint density at radius 2 is 1.85 bits per heavy atom. The van der Waals surface area contributed by atoms with E-state index in [0.29, 0.717) is 5.56 Å². The molecular formula is C17H20N2O7. The van der Waals surface area contributed by atoms with Gasteiger partial charge in [-0.3, -0.25) is 14.3 Å². The molecule has 1 saturated heterocycles. The monoisotopic (exact) mass is 364 g/mol. The molecule has 0 unspecified atom stereocenters. The highest BCUT2D eigenvalue weighted by Gasteiger charge is 2.66. The van der Waals surface area contributed by atoms with E-state index >= 15 is 0 Å². The fraction of sp³-hybridized carbons (Fsp3) is 0.412. The van der Waals surface area contributed by atoms with Crippen molar-refractivity contribution in [3.8, 4) is 0 Å². The number of hydrogen-bond acceptors (Lipinski definition) is 7. The Hall–Kier alpha value is -2.30. The molecule has 140 valence electrons. The van der Waals surface area contributed by atoms with Gasteiger partial charge in [-0.1, -0.05) is 30.3 Å². The summed E-state index contributed by atoms with van der Waals surface area (Å²) in [7, 11) is 0. The summed E-state index contributed by atoms with van der Waals surface area (Å²) >= 11 is 0. The fourth-order valence-electron chi connectivity index (χ4n) is 3.46. The first-order valence-electron chi connectivity index (χ1n) is 8.04. The van der Waals surface area contributed by atoms with Gasteiger partial charge in [-0.25, -0.2) is 4.79 Å². The Bertz CT molecular complexity index is 880. The third-order valence-corrected chi connectivity index (χ3v) is 4.79. The van der Waals surface area contributed by atoms with E-state index in [2.05, 4.69) is 0 Å². The van der Waals surface area contributed by atoms with E-state index in [1.54, 1.807) is 30.3 Å². The smallest absolute Gasteiger partial charge is 0.330 e. The van der Waals surface area contributed by atoms with Crippen LogP contribution in [-0.2, 0) is 16.9 Å². The number of benzene rings is 1. The molecule has 9 nitrogen and oxygen atoms in total. The van der Waals surface area contributed by atoms with E-state index in [-0.39, 0.29) is 6.42 Å². The van der Waals surface area contributed by atoms with E-state index in [0.717, 1.165) is 16.8 Å². The van der Waals surface area contributed by atoms with Crippen LogP contribution < -0.4 is 11.2 Å². The van der Waals surface area contributed by atoms with Gasteiger partial charge in [0, 0.05) is 18.7 Å². The highest BCUT2D eigenvalue weighted by atomic mass is 16.6. The number of aromatic nitrogens is 2. The highest BCUT2D eigenvalue weighted by molar-refractivity contribution is 5.22. The van der Waals surface area contributed by atoms with Crippen LogP contribution in [0.4, 0.5) is 0 Å². The number of aliphatic hydroxyl groups excluding tert-OH is 3. The molecule has 0 aliphatic carbocycles. The van der Waals surface area contributed by atoms with E-state index < -0.39 is 48.0 Å². The lowest BCUT2D eigenvalue weighted by molar-refractivity contribution is -0.217. The first kappa shape index (κ1) is 18.5. The Morgan fingerprint density at radius 1 is 1.15 bits per heavy atom. The van der Waals surface area contributed by atoms with Crippen molar-refractivity contribution in [2.45, 2.75) is 30.0 Å². The molecule has 0 bridgehead atoms. The molecule has 5 N–H and O–H groups in total. The number of nitrogens with zero attached hydrogens (tertiary/aromatic N) is 1. The zero-order valence-electron chi connectivity index (χ0n) is 13.8. The van der Waals surface area contributed by atoms with E-state index in [4.69, 9.17) is 4.74 Å². The van der Waals surface area contributed by atoms with Crippen molar-refractivity contribution in [1.29, 1.82) is 0 Å². The summed E-state index contributed by atoms with van der Waals surface area (Å²) in [4.78, 5) is 25.7. The van der Waals surface area contributed by atoms with Crippen molar-refractivity contribution in [3.63, 3.8) is 0 Å². The van der Waals surface area contributed by atoms with Gasteiger partial charge in [0.25, 0.3) is 5.56 Å². The number of aromatic amines is 1. The van der Waals surface area contributed by atoms with Crippen LogP contribution in [0.5, 0.6) is 0 Å². The minimum atomic E-state index is -2.15. The summed E-state index contributed by atoms with van der Waals surface area (Å²) in [6, 6.07) is 9.68. The van der Waals surface area contributed by atoms with Gasteiger partial charge in [0.2, 0.25) is 5.72 Å². The zero-order valence-corrected chi connectivity index (χ0v) is 13.8. The molecule has 0 amide bonds. The summed E-state index contributed by atoms with van der Waals surface area (Å²) in [5.41, 5.74) is -5.23. The van der Waals surface area contributed by atoms with E-state index in [1.165, 1.54) is 0 Å². The topological polar surface area (TPSA) is 145 Å². The summed E-state index contributed by atoms with van der Waals surface area (Å²) in [6.07, 6.45) is -1.94. The third kappa shape index (κ3) is 2.70. The summed E-state index contributed by atoms with van der Waals surface area (Å²) in [6.45, 7) is -1.52. The number of ether oxygens (including phenoxy) is 1. The molecule has 4 atom stereocenters. The second kappa shape index (κ2) is 6.78. The van der Waals surface area contributed by atoms with Gasteiger partial charge in [-0.2, -0.15) is 0 Å². The first-order chi connectivity index (χ1) is 12.4. The predicted octanol–water partition coefficient (Wildman–Crippen LogP) is -2.09. The molecule has 0 saturated carbocycles. The molecule has 1 aromatic heterocycles. The summed E-state index contributed by atoms with van der Waals surface area (Å²) in [5.74, 6) is 0. The van der Waals surface area contributed by atoms with Crippen molar-refractivity contribution in [2.75, 3.05) is 13.2 Å². The fourth-order valence-corrected chi connectivity index (χ4v) is 3.46. The maximum atomic E-state index is 12.3. The van der Waals surface area contributed by atoms with Gasteiger partial charge >= 0.3 is 5.69 Å². The lowest BCUT2D eigenvalue weighted by Gasteiger charge is -2.41. The van der Waals surface area contributed by atoms with Gasteiger partial charge in [-0.15, -0.1) is 0 Å². The summed E-state index contributed by atoms with van der Waals surface area (Å²) < 4.78 is 6.42. The average molecular weight is 364 g/mol. The maximum absolute atomic E-state index is 12.3. The molecule has 1 fully saturated rings. The number of H-pyrrole nitrogens is 1. The molecule has 1 aliphatic heterocycles. The van der Waals surface area contributed by atoms with Crippen molar-refractivity contribution in [2.24, 2.45) is 0 Å². The Labute approximate surface area is 147 Å². The van der Waals surface area contributed by atoms with Crippen LogP contribution in [0.25, 0.3) is 0 Å². The van der Waals surface area contributed by atoms with Crippen LogP contribution in [-0.4, -0.2) is 61.0 Å². The second-order valence-corrected chi connectivity index (χ2v) is 6.29. The lowest BCUT2D eigenvalue weighted by atomic mass is 9.80. The SMILES string of the molecule is O=c1ccn([C@]2(CO)O[C@H](CO)[C@@H](O)[C@]2(O)Cc2ccccc2)c(=O)[nH]1. The van der Waals surface area contributed by atoms with Crippen LogP contribution >= 0.6 is 0 Å². The van der Waals surface area contributed by atoms with Crippen LogP contribution in [0.2, 0.25) is 0 Å². The van der Waals surface area contributed by atoms with Crippen LogP contribution in [0.15, 0.2) is 52.2 Å². The van der Waals surface area contributed by atoms with E-state index in [1.807, 2.05) is 4.98 Å². The molecular weight excluding hydrogens is 344 g/mol. The number of aliphatic hydroxyl groups is 4. The molecule has 1 aliphatic rings. The molecule has 2 heterocycles. The molecule has 9 heteroatoms. The van der Waals surface area contributed by atoms with Crippen molar-refractivity contribution in [1.82, 2.24) is 9.55 Å². The molecule has 0 radical (unpaired) electrons. The minimum Gasteiger partial charge on any atom is -0.394 e. The second-order valence-electron chi connectivity index (χ2n) is 6.29. The first-order valence-corrected chi connectivity index (χ1v) is 8.04.